The maximum atomic E-state index is 7.05. The molecule has 0 bridgehead atoms. The molecule has 0 spiro atoms. The van der Waals surface area contributed by atoms with Crippen molar-refractivity contribution in [3.8, 4) is 61.6 Å². The summed E-state index contributed by atoms with van der Waals surface area (Å²) in [6.07, 6.45) is 0. The Hall–Kier alpha value is -7.49. The minimum atomic E-state index is 0.866. The molecule has 11 rings (SSSR count). The molecule has 3 heterocycles. The Labute approximate surface area is 324 Å². The number of furan rings is 1. The summed E-state index contributed by atoms with van der Waals surface area (Å²) in [5.41, 5.74) is 15.9. The lowest BCUT2D eigenvalue weighted by atomic mass is 9.97. The largest absolute Gasteiger partial charge is 0.453 e. The van der Waals surface area contributed by atoms with Gasteiger partial charge in [0.05, 0.1) is 28.1 Å². The molecule has 0 fully saturated rings. The fraction of sp³-hybridized carbons (Fsp3) is 0. The molecule has 56 heavy (non-hydrogen) atoms. The highest BCUT2D eigenvalue weighted by molar-refractivity contribution is 6.15. The molecular formula is C53H34N2O. The topological polar surface area (TPSA) is 31.0 Å². The van der Waals surface area contributed by atoms with Crippen LogP contribution in [0.15, 0.2) is 211 Å². The van der Waals surface area contributed by atoms with Crippen molar-refractivity contribution in [2.45, 2.75) is 0 Å². The van der Waals surface area contributed by atoms with Gasteiger partial charge in [0.15, 0.2) is 5.58 Å². The smallest absolute Gasteiger partial charge is 0.159 e. The summed E-state index contributed by atoms with van der Waals surface area (Å²) in [7, 11) is 0. The summed E-state index contributed by atoms with van der Waals surface area (Å²) >= 11 is 0. The Morgan fingerprint density at radius 1 is 0.321 bits per heavy atom. The Kier molecular flexibility index (Phi) is 7.49. The van der Waals surface area contributed by atoms with Gasteiger partial charge in [-0.3, -0.25) is 0 Å². The highest BCUT2D eigenvalue weighted by Crippen LogP contribution is 2.42. The van der Waals surface area contributed by atoms with E-state index in [9.17, 15) is 0 Å². The summed E-state index contributed by atoms with van der Waals surface area (Å²) in [5, 5.41) is 4.61. The Morgan fingerprint density at radius 3 is 1.64 bits per heavy atom. The maximum Gasteiger partial charge on any atom is 0.159 e. The van der Waals surface area contributed by atoms with Crippen LogP contribution < -0.4 is 0 Å². The van der Waals surface area contributed by atoms with Crippen LogP contribution in [0.3, 0.4) is 0 Å². The monoisotopic (exact) mass is 714 g/mol. The van der Waals surface area contributed by atoms with Gasteiger partial charge >= 0.3 is 0 Å². The van der Waals surface area contributed by atoms with E-state index in [1.165, 1.54) is 21.9 Å². The van der Waals surface area contributed by atoms with Crippen LogP contribution >= 0.6 is 0 Å². The Morgan fingerprint density at radius 2 is 0.875 bits per heavy atom. The zero-order valence-corrected chi connectivity index (χ0v) is 30.4. The van der Waals surface area contributed by atoms with Crippen molar-refractivity contribution < 1.29 is 4.42 Å². The van der Waals surface area contributed by atoms with Crippen LogP contribution in [0.2, 0.25) is 0 Å². The van der Waals surface area contributed by atoms with E-state index in [-0.39, 0.29) is 0 Å². The summed E-state index contributed by atoms with van der Waals surface area (Å²) in [6.45, 7) is 0. The van der Waals surface area contributed by atoms with Crippen molar-refractivity contribution >= 4 is 43.7 Å². The molecule has 3 heteroatoms. The highest BCUT2D eigenvalue weighted by atomic mass is 16.3. The van der Waals surface area contributed by atoms with Gasteiger partial charge in [-0.05, 0) is 70.3 Å². The van der Waals surface area contributed by atoms with Crippen LogP contribution in [-0.2, 0) is 0 Å². The number of fused-ring (bicyclic) bond motifs is 6. The third-order valence-corrected chi connectivity index (χ3v) is 11.0. The number of hydrogen-bond acceptors (Lipinski definition) is 2. The van der Waals surface area contributed by atoms with Gasteiger partial charge < -0.3 is 8.98 Å². The second-order valence-corrected chi connectivity index (χ2v) is 14.3. The minimum Gasteiger partial charge on any atom is -0.453 e. The average Bonchev–Trinajstić information content (AvgIpc) is 3.83. The quantitative estimate of drug-likeness (QED) is 0.172. The van der Waals surface area contributed by atoms with Crippen LogP contribution in [0.25, 0.3) is 105 Å². The predicted octanol–water partition coefficient (Wildman–Crippen LogP) is 14.4. The van der Waals surface area contributed by atoms with Crippen molar-refractivity contribution in [2.75, 3.05) is 0 Å². The molecular weight excluding hydrogens is 681 g/mol. The number of para-hydroxylation sites is 3. The number of rotatable bonds is 6. The van der Waals surface area contributed by atoms with Crippen LogP contribution in [0, 0.1) is 0 Å². The summed E-state index contributed by atoms with van der Waals surface area (Å²) in [5.74, 6) is 0. The van der Waals surface area contributed by atoms with Gasteiger partial charge in [-0.2, -0.15) is 0 Å². The normalized spacial score (nSPS) is 11.6. The van der Waals surface area contributed by atoms with Gasteiger partial charge in [0.2, 0.25) is 0 Å². The lowest BCUT2D eigenvalue weighted by Crippen LogP contribution is -1.94. The lowest BCUT2D eigenvalue weighted by molar-refractivity contribution is 0.667. The first-order valence-corrected chi connectivity index (χ1v) is 19.0. The molecule has 0 aliphatic rings. The van der Waals surface area contributed by atoms with E-state index in [4.69, 9.17) is 9.40 Å². The van der Waals surface area contributed by atoms with E-state index in [0.717, 1.165) is 83.4 Å². The summed E-state index contributed by atoms with van der Waals surface area (Å²) in [4.78, 5) is 5.22. The number of pyridine rings is 1. The molecule has 0 aliphatic heterocycles. The van der Waals surface area contributed by atoms with E-state index < -0.39 is 0 Å². The number of nitrogens with zero attached hydrogens (tertiary/aromatic N) is 2. The molecule has 0 atom stereocenters. The van der Waals surface area contributed by atoms with Gasteiger partial charge in [0.25, 0.3) is 0 Å². The molecule has 3 aromatic heterocycles. The minimum absolute atomic E-state index is 0.866. The van der Waals surface area contributed by atoms with Gasteiger partial charge in [-0.1, -0.05) is 164 Å². The van der Waals surface area contributed by atoms with E-state index in [0.29, 0.717) is 0 Å². The first kappa shape index (κ1) is 32.0. The number of aromatic nitrogens is 2. The van der Waals surface area contributed by atoms with Crippen LogP contribution in [0.5, 0.6) is 0 Å². The van der Waals surface area contributed by atoms with Crippen LogP contribution in [0.4, 0.5) is 0 Å². The zero-order valence-electron chi connectivity index (χ0n) is 30.4. The Balaban J connectivity index is 1.07. The molecule has 0 aliphatic carbocycles. The molecule has 0 saturated carbocycles. The fourth-order valence-corrected chi connectivity index (χ4v) is 8.33. The Bertz CT molecular complexity index is 3170. The van der Waals surface area contributed by atoms with E-state index in [1.807, 2.05) is 6.07 Å². The molecule has 3 nitrogen and oxygen atoms in total. The average molecular weight is 715 g/mol. The molecule has 8 aromatic carbocycles. The number of benzene rings is 8. The highest BCUT2D eigenvalue weighted by Gasteiger charge is 2.20. The molecule has 0 amide bonds. The first-order valence-electron chi connectivity index (χ1n) is 19.0. The van der Waals surface area contributed by atoms with Gasteiger partial charge in [-0.15, -0.1) is 0 Å². The molecule has 0 N–H and O–H groups in total. The third-order valence-electron chi connectivity index (χ3n) is 11.0. The summed E-state index contributed by atoms with van der Waals surface area (Å²) in [6, 6.07) is 73.1. The molecule has 11 aromatic rings. The SMILES string of the molecule is c1ccc(-c2cc(-c3ccccc3)nc(-c3cccc(-c4cccc5c4oc4c(-n6c7ccccc7c7cc(-c8ccccc8)ccc76)cccc45)c3)c2)cc1. The van der Waals surface area contributed by atoms with Gasteiger partial charge in [0, 0.05) is 38.2 Å². The third kappa shape index (κ3) is 5.32. The van der Waals surface area contributed by atoms with Gasteiger partial charge in [0.1, 0.15) is 5.58 Å². The second kappa shape index (κ2) is 13.1. The van der Waals surface area contributed by atoms with Crippen molar-refractivity contribution in [1.29, 1.82) is 0 Å². The van der Waals surface area contributed by atoms with Crippen molar-refractivity contribution in [1.82, 2.24) is 9.55 Å². The fourth-order valence-electron chi connectivity index (χ4n) is 8.33. The zero-order chi connectivity index (χ0) is 37.0. The first-order chi connectivity index (χ1) is 27.8. The van der Waals surface area contributed by atoms with E-state index >= 15 is 0 Å². The summed E-state index contributed by atoms with van der Waals surface area (Å²) < 4.78 is 9.41. The standard InChI is InChI=1S/C53H34N2O/c1-4-15-35(16-5-1)38-29-30-50-46(32-38)43-23-10-11-27-49(43)55(50)51-28-14-26-45-44-25-13-24-42(52(44)56-53(45)51)39-21-12-22-40(31-39)48-34-41(36-17-6-2-7-18-36)33-47(54-48)37-19-8-3-9-20-37/h1-34H. The van der Waals surface area contributed by atoms with Crippen molar-refractivity contribution in [2.24, 2.45) is 0 Å². The molecule has 0 saturated heterocycles. The van der Waals surface area contributed by atoms with Crippen molar-refractivity contribution in [3.63, 3.8) is 0 Å². The number of hydrogen-bond donors (Lipinski definition) is 0. The van der Waals surface area contributed by atoms with E-state index in [1.54, 1.807) is 0 Å². The van der Waals surface area contributed by atoms with Crippen LogP contribution in [0.1, 0.15) is 0 Å². The van der Waals surface area contributed by atoms with E-state index in [2.05, 4.69) is 205 Å². The predicted molar refractivity (Wildman–Crippen MR) is 233 cm³/mol. The van der Waals surface area contributed by atoms with Crippen LogP contribution in [-0.4, -0.2) is 9.55 Å². The molecule has 0 radical (unpaired) electrons. The maximum absolute atomic E-state index is 7.05. The van der Waals surface area contributed by atoms with Gasteiger partial charge in [-0.25, -0.2) is 4.98 Å². The van der Waals surface area contributed by atoms with Crippen molar-refractivity contribution in [3.05, 3.63) is 206 Å². The lowest BCUT2D eigenvalue weighted by Gasteiger charge is -2.11. The second-order valence-electron chi connectivity index (χ2n) is 14.3. The molecule has 262 valence electrons. The molecule has 0 unspecified atom stereocenters.